The van der Waals surface area contributed by atoms with E-state index in [1.54, 1.807) is 0 Å². The molecule has 0 saturated heterocycles. The topological polar surface area (TPSA) is 43.8 Å². The van der Waals surface area contributed by atoms with E-state index < -0.39 is 0 Å². The summed E-state index contributed by atoms with van der Waals surface area (Å²) >= 11 is 0. The molecule has 17 heavy (non-hydrogen) atoms. The summed E-state index contributed by atoms with van der Waals surface area (Å²) in [5, 5.41) is 9.25. The van der Waals surface area contributed by atoms with Gasteiger partial charge < -0.3 is 10.0 Å². The van der Waals surface area contributed by atoms with Gasteiger partial charge in [-0.05, 0) is 46.6 Å². The molecule has 4 heteroatoms. The molecule has 0 aliphatic heterocycles. The molecule has 0 spiro atoms. The molecule has 0 aromatic rings. The van der Waals surface area contributed by atoms with Crippen molar-refractivity contribution in [1.82, 2.24) is 9.80 Å². The zero-order valence-electron chi connectivity index (χ0n) is 11.5. The van der Waals surface area contributed by atoms with Gasteiger partial charge in [0.1, 0.15) is 0 Å². The molecule has 0 heterocycles. The second kappa shape index (κ2) is 6.36. The van der Waals surface area contributed by atoms with E-state index in [9.17, 15) is 9.90 Å². The number of aliphatic hydroxyl groups is 1. The minimum atomic E-state index is -0.109. The SMILES string of the molecule is CCN(CC)C(=O)C(C)N(C)CC1CC(O)C1. The highest BCUT2D eigenvalue weighted by Gasteiger charge is 2.30. The Morgan fingerprint density at radius 1 is 1.35 bits per heavy atom. The Labute approximate surface area is 105 Å². The lowest BCUT2D eigenvalue weighted by Gasteiger charge is -2.37. The first-order valence-electron chi connectivity index (χ1n) is 6.66. The second-order valence-electron chi connectivity index (χ2n) is 5.12. The summed E-state index contributed by atoms with van der Waals surface area (Å²) in [6, 6.07) is -0.0624. The lowest BCUT2D eigenvalue weighted by molar-refractivity contribution is -0.136. The Morgan fingerprint density at radius 2 is 1.88 bits per heavy atom. The highest BCUT2D eigenvalue weighted by atomic mass is 16.3. The third-order valence-electron chi connectivity index (χ3n) is 3.85. The molecule has 0 aromatic carbocycles. The van der Waals surface area contributed by atoms with Crippen LogP contribution in [-0.4, -0.2) is 59.6 Å². The van der Waals surface area contributed by atoms with Gasteiger partial charge in [-0.25, -0.2) is 0 Å². The first-order valence-corrected chi connectivity index (χ1v) is 6.66. The van der Waals surface area contributed by atoms with Crippen molar-refractivity contribution in [3.05, 3.63) is 0 Å². The summed E-state index contributed by atoms with van der Waals surface area (Å²) in [5.74, 6) is 0.763. The van der Waals surface area contributed by atoms with Gasteiger partial charge in [0, 0.05) is 19.6 Å². The molecule has 4 nitrogen and oxygen atoms in total. The zero-order valence-corrected chi connectivity index (χ0v) is 11.5. The molecule has 0 bridgehead atoms. The predicted octanol–water partition coefficient (Wildman–Crippen LogP) is 0.946. The van der Waals surface area contributed by atoms with E-state index >= 15 is 0 Å². The lowest BCUT2D eigenvalue weighted by Crippen LogP contribution is -2.48. The fraction of sp³-hybridized carbons (Fsp3) is 0.923. The van der Waals surface area contributed by atoms with Crippen molar-refractivity contribution in [2.45, 2.75) is 45.8 Å². The van der Waals surface area contributed by atoms with Crippen molar-refractivity contribution in [3.63, 3.8) is 0 Å². The average Bonchev–Trinajstić information content (AvgIpc) is 2.27. The van der Waals surface area contributed by atoms with Gasteiger partial charge in [-0.3, -0.25) is 9.69 Å². The number of rotatable bonds is 6. The Bertz CT molecular complexity index is 248. The molecule has 1 aliphatic carbocycles. The first kappa shape index (κ1) is 14.5. The third-order valence-corrected chi connectivity index (χ3v) is 3.85. The molecule has 1 unspecified atom stereocenters. The van der Waals surface area contributed by atoms with Gasteiger partial charge in [-0.15, -0.1) is 0 Å². The summed E-state index contributed by atoms with van der Waals surface area (Å²) in [5.41, 5.74) is 0. The fourth-order valence-corrected chi connectivity index (χ4v) is 2.40. The highest BCUT2D eigenvalue weighted by molar-refractivity contribution is 5.81. The van der Waals surface area contributed by atoms with Crippen molar-refractivity contribution in [2.75, 3.05) is 26.7 Å². The number of nitrogens with zero attached hydrogens (tertiary/aromatic N) is 2. The Kier molecular flexibility index (Phi) is 5.40. The van der Waals surface area contributed by atoms with E-state index in [0.29, 0.717) is 5.92 Å². The van der Waals surface area contributed by atoms with E-state index in [1.807, 2.05) is 32.7 Å². The lowest BCUT2D eigenvalue weighted by atomic mass is 9.82. The van der Waals surface area contributed by atoms with Crippen LogP contribution in [0.2, 0.25) is 0 Å². The first-order chi connectivity index (χ1) is 7.99. The summed E-state index contributed by atoms with van der Waals surface area (Å²) in [6.07, 6.45) is 1.66. The summed E-state index contributed by atoms with van der Waals surface area (Å²) < 4.78 is 0. The van der Waals surface area contributed by atoms with Crippen molar-refractivity contribution in [2.24, 2.45) is 5.92 Å². The van der Waals surface area contributed by atoms with Crippen LogP contribution in [0.25, 0.3) is 0 Å². The smallest absolute Gasteiger partial charge is 0.239 e. The van der Waals surface area contributed by atoms with Gasteiger partial charge in [0.2, 0.25) is 5.91 Å². The van der Waals surface area contributed by atoms with Gasteiger partial charge in [-0.2, -0.15) is 0 Å². The fourth-order valence-electron chi connectivity index (χ4n) is 2.40. The third kappa shape index (κ3) is 3.68. The van der Waals surface area contributed by atoms with Crippen molar-refractivity contribution < 1.29 is 9.90 Å². The minimum Gasteiger partial charge on any atom is -0.393 e. The molecule has 1 amide bonds. The van der Waals surface area contributed by atoms with Crippen LogP contribution >= 0.6 is 0 Å². The van der Waals surface area contributed by atoms with Crippen LogP contribution in [0.3, 0.4) is 0 Å². The van der Waals surface area contributed by atoms with Gasteiger partial charge in [0.15, 0.2) is 0 Å². The Hall–Kier alpha value is -0.610. The number of hydrogen-bond donors (Lipinski definition) is 1. The maximum Gasteiger partial charge on any atom is 0.239 e. The molecule has 100 valence electrons. The molecule has 1 atom stereocenters. The summed E-state index contributed by atoms with van der Waals surface area (Å²) in [4.78, 5) is 16.1. The maximum absolute atomic E-state index is 12.1. The Balaban J connectivity index is 2.39. The Morgan fingerprint density at radius 3 is 2.29 bits per heavy atom. The largest absolute Gasteiger partial charge is 0.393 e. The molecule has 0 radical (unpaired) electrons. The number of carbonyl (C=O) groups excluding carboxylic acids is 1. The standard InChI is InChI=1S/C13H26N2O2/c1-5-15(6-2)13(17)10(3)14(4)9-11-7-12(16)8-11/h10-12,16H,5-9H2,1-4H3. The van der Waals surface area contributed by atoms with Crippen molar-refractivity contribution >= 4 is 5.91 Å². The summed E-state index contributed by atoms with van der Waals surface area (Å²) in [7, 11) is 2.00. The molecular formula is C13H26N2O2. The van der Waals surface area contributed by atoms with Crippen LogP contribution < -0.4 is 0 Å². The monoisotopic (exact) mass is 242 g/mol. The van der Waals surface area contributed by atoms with Crippen molar-refractivity contribution in [1.29, 1.82) is 0 Å². The van der Waals surface area contributed by atoms with Gasteiger partial charge >= 0.3 is 0 Å². The van der Waals surface area contributed by atoms with E-state index in [-0.39, 0.29) is 18.1 Å². The number of amides is 1. The quantitative estimate of drug-likeness (QED) is 0.754. The predicted molar refractivity (Wildman–Crippen MR) is 68.8 cm³/mol. The normalized spacial score (nSPS) is 25.5. The molecular weight excluding hydrogens is 216 g/mol. The number of aliphatic hydroxyl groups excluding tert-OH is 1. The van der Waals surface area contributed by atoms with Crippen LogP contribution in [0.1, 0.15) is 33.6 Å². The molecule has 1 rings (SSSR count). The number of carbonyl (C=O) groups is 1. The van der Waals surface area contributed by atoms with Crippen LogP contribution in [0, 0.1) is 5.92 Å². The van der Waals surface area contributed by atoms with E-state index in [1.165, 1.54) is 0 Å². The van der Waals surface area contributed by atoms with Crippen molar-refractivity contribution in [3.8, 4) is 0 Å². The second-order valence-corrected chi connectivity index (χ2v) is 5.12. The molecule has 0 aromatic heterocycles. The maximum atomic E-state index is 12.1. The number of hydrogen-bond acceptors (Lipinski definition) is 3. The minimum absolute atomic E-state index is 0.0624. The van der Waals surface area contributed by atoms with Crippen LogP contribution in [-0.2, 0) is 4.79 Å². The van der Waals surface area contributed by atoms with E-state index in [2.05, 4.69) is 4.90 Å². The molecule has 1 saturated carbocycles. The van der Waals surface area contributed by atoms with Crippen LogP contribution in [0.5, 0.6) is 0 Å². The average molecular weight is 242 g/mol. The van der Waals surface area contributed by atoms with E-state index in [4.69, 9.17) is 0 Å². The van der Waals surface area contributed by atoms with Gasteiger partial charge in [0.05, 0.1) is 12.1 Å². The van der Waals surface area contributed by atoms with Gasteiger partial charge in [-0.1, -0.05) is 0 Å². The van der Waals surface area contributed by atoms with Crippen LogP contribution in [0.15, 0.2) is 0 Å². The molecule has 1 aliphatic rings. The van der Waals surface area contributed by atoms with Gasteiger partial charge in [0.25, 0.3) is 0 Å². The van der Waals surface area contributed by atoms with Crippen LogP contribution in [0.4, 0.5) is 0 Å². The summed E-state index contributed by atoms with van der Waals surface area (Å²) in [6.45, 7) is 8.44. The number of likely N-dealkylation sites (N-methyl/N-ethyl adjacent to an activating group) is 2. The molecule has 1 N–H and O–H groups in total. The van der Waals surface area contributed by atoms with E-state index in [0.717, 1.165) is 32.5 Å². The molecule has 1 fully saturated rings. The zero-order chi connectivity index (χ0) is 13.0. The highest BCUT2D eigenvalue weighted by Crippen LogP contribution is 2.28.